The van der Waals surface area contributed by atoms with Gasteiger partial charge in [-0.15, -0.1) is 0 Å². The Bertz CT molecular complexity index is 1070. The maximum absolute atomic E-state index is 4.69. The summed E-state index contributed by atoms with van der Waals surface area (Å²) in [6.45, 7) is 0.673. The number of nitrogens with zero attached hydrogens (tertiary/aromatic N) is 3. The van der Waals surface area contributed by atoms with Gasteiger partial charge in [0, 0.05) is 29.6 Å². The fraction of sp³-hybridized carbons (Fsp3) is 0.190. The zero-order valence-corrected chi connectivity index (χ0v) is 14.8. The first-order chi connectivity index (χ1) is 13.3. The molecule has 0 aliphatic heterocycles. The lowest BCUT2D eigenvalue weighted by molar-refractivity contribution is 0.966. The fourth-order valence-corrected chi connectivity index (χ4v) is 3.15. The molecule has 5 rings (SSSR count). The van der Waals surface area contributed by atoms with Crippen molar-refractivity contribution in [2.75, 3.05) is 10.6 Å². The highest BCUT2D eigenvalue weighted by Gasteiger charge is 2.25. The molecule has 0 spiro atoms. The van der Waals surface area contributed by atoms with Crippen molar-refractivity contribution in [2.24, 2.45) is 0 Å². The van der Waals surface area contributed by atoms with Crippen molar-refractivity contribution in [1.29, 1.82) is 0 Å². The van der Waals surface area contributed by atoms with Crippen molar-refractivity contribution in [3.63, 3.8) is 0 Å². The minimum absolute atomic E-state index is 0.595. The Morgan fingerprint density at radius 2 is 1.78 bits per heavy atom. The molecule has 1 saturated carbocycles. The Labute approximate surface area is 157 Å². The van der Waals surface area contributed by atoms with Crippen LogP contribution in [0.15, 0.2) is 60.7 Å². The number of benzene rings is 2. The number of fused-ring (bicyclic) bond motifs is 1. The molecular weight excluding hydrogens is 336 g/mol. The van der Waals surface area contributed by atoms with Crippen LogP contribution < -0.4 is 10.6 Å². The van der Waals surface area contributed by atoms with E-state index < -0.39 is 0 Å². The summed E-state index contributed by atoms with van der Waals surface area (Å²) in [7, 11) is 0. The van der Waals surface area contributed by atoms with Gasteiger partial charge in [0.15, 0.2) is 5.82 Å². The number of aromatic nitrogens is 4. The predicted molar refractivity (Wildman–Crippen MR) is 107 cm³/mol. The zero-order valence-electron chi connectivity index (χ0n) is 14.8. The van der Waals surface area contributed by atoms with Gasteiger partial charge in [-0.1, -0.05) is 42.5 Å². The van der Waals surface area contributed by atoms with Crippen LogP contribution in [0.1, 0.15) is 30.0 Å². The lowest BCUT2D eigenvalue weighted by Gasteiger charge is -2.10. The maximum Gasteiger partial charge on any atom is 0.225 e. The van der Waals surface area contributed by atoms with Gasteiger partial charge in [-0.3, -0.25) is 5.10 Å². The van der Waals surface area contributed by atoms with Crippen LogP contribution in [0.2, 0.25) is 0 Å². The molecule has 0 radical (unpaired) electrons. The summed E-state index contributed by atoms with van der Waals surface area (Å²) in [4.78, 5) is 9.34. The van der Waals surface area contributed by atoms with E-state index in [0.29, 0.717) is 18.4 Å². The minimum Gasteiger partial charge on any atom is -0.350 e. The Hall–Kier alpha value is -3.41. The summed E-state index contributed by atoms with van der Waals surface area (Å²) in [6.07, 6.45) is 2.48. The molecule has 134 valence electrons. The summed E-state index contributed by atoms with van der Waals surface area (Å²) in [5.41, 5.74) is 3.27. The first-order valence-corrected chi connectivity index (χ1v) is 9.22. The van der Waals surface area contributed by atoms with E-state index in [1.807, 2.05) is 42.5 Å². The number of rotatable bonds is 6. The molecule has 0 bridgehead atoms. The van der Waals surface area contributed by atoms with Gasteiger partial charge in [0.2, 0.25) is 5.95 Å². The molecular formula is C21H20N6. The maximum atomic E-state index is 4.69. The topological polar surface area (TPSA) is 78.5 Å². The smallest absolute Gasteiger partial charge is 0.225 e. The lowest BCUT2D eigenvalue weighted by atomic mass is 10.2. The highest BCUT2D eigenvalue weighted by Crippen LogP contribution is 2.39. The molecule has 2 aromatic carbocycles. The van der Waals surface area contributed by atoms with Crippen LogP contribution in [-0.2, 0) is 6.54 Å². The van der Waals surface area contributed by atoms with Crippen LogP contribution in [0.3, 0.4) is 0 Å². The van der Waals surface area contributed by atoms with Crippen molar-refractivity contribution >= 4 is 28.5 Å². The molecule has 4 aromatic rings. The Balaban J connectivity index is 1.44. The van der Waals surface area contributed by atoms with Gasteiger partial charge >= 0.3 is 0 Å². The third-order valence-corrected chi connectivity index (χ3v) is 4.76. The Morgan fingerprint density at radius 3 is 2.63 bits per heavy atom. The van der Waals surface area contributed by atoms with Gasteiger partial charge in [-0.05, 0) is 30.5 Å². The monoisotopic (exact) mass is 356 g/mol. The fourth-order valence-electron chi connectivity index (χ4n) is 3.15. The van der Waals surface area contributed by atoms with Crippen molar-refractivity contribution in [3.05, 3.63) is 71.9 Å². The van der Waals surface area contributed by atoms with Gasteiger partial charge < -0.3 is 10.6 Å². The second kappa shape index (κ2) is 6.72. The summed E-state index contributed by atoms with van der Waals surface area (Å²) >= 11 is 0. The van der Waals surface area contributed by atoms with E-state index in [2.05, 4.69) is 44.0 Å². The van der Waals surface area contributed by atoms with Crippen molar-refractivity contribution in [2.45, 2.75) is 25.3 Å². The third kappa shape index (κ3) is 3.46. The molecule has 2 aromatic heterocycles. The van der Waals surface area contributed by atoms with Crippen LogP contribution >= 0.6 is 0 Å². The number of anilines is 3. The van der Waals surface area contributed by atoms with E-state index in [9.17, 15) is 0 Å². The van der Waals surface area contributed by atoms with Gasteiger partial charge in [-0.2, -0.15) is 10.1 Å². The molecule has 0 unspecified atom stereocenters. The van der Waals surface area contributed by atoms with Crippen LogP contribution in [0, 0.1) is 0 Å². The van der Waals surface area contributed by atoms with E-state index >= 15 is 0 Å². The average molecular weight is 356 g/mol. The van der Waals surface area contributed by atoms with E-state index in [1.165, 1.54) is 24.1 Å². The largest absolute Gasteiger partial charge is 0.350 e. The molecule has 0 amide bonds. The highest BCUT2D eigenvalue weighted by molar-refractivity contribution is 5.91. The summed E-state index contributed by atoms with van der Waals surface area (Å²) < 4.78 is 0. The highest BCUT2D eigenvalue weighted by atomic mass is 15.2. The number of para-hydroxylation sites is 1. The number of aromatic amines is 1. The first-order valence-electron chi connectivity index (χ1n) is 9.22. The number of H-pyrrole nitrogens is 1. The molecule has 1 aliphatic rings. The van der Waals surface area contributed by atoms with E-state index in [-0.39, 0.29) is 0 Å². The van der Waals surface area contributed by atoms with E-state index in [1.54, 1.807) is 0 Å². The summed E-state index contributed by atoms with van der Waals surface area (Å²) in [5, 5.41) is 15.2. The van der Waals surface area contributed by atoms with E-state index in [0.717, 1.165) is 22.5 Å². The second-order valence-corrected chi connectivity index (χ2v) is 6.86. The number of hydrogen-bond donors (Lipinski definition) is 3. The number of hydrogen-bond acceptors (Lipinski definition) is 5. The quantitative estimate of drug-likeness (QED) is 0.471. The molecule has 3 N–H and O–H groups in total. The second-order valence-electron chi connectivity index (χ2n) is 6.86. The van der Waals surface area contributed by atoms with Gasteiger partial charge in [0.1, 0.15) is 5.82 Å². The molecule has 6 heteroatoms. The van der Waals surface area contributed by atoms with Crippen LogP contribution in [-0.4, -0.2) is 20.2 Å². The van der Waals surface area contributed by atoms with Crippen molar-refractivity contribution in [3.8, 4) is 0 Å². The Kier molecular flexibility index (Phi) is 3.93. The molecule has 0 saturated heterocycles. The SMILES string of the molecule is c1ccc(CNc2nc(Nc3cc(C4CC4)[nH]n3)c3ccccc3n2)cc1. The molecule has 0 atom stereocenters. The van der Waals surface area contributed by atoms with Crippen molar-refractivity contribution in [1.82, 2.24) is 20.2 Å². The van der Waals surface area contributed by atoms with E-state index in [4.69, 9.17) is 4.98 Å². The van der Waals surface area contributed by atoms with Gasteiger partial charge in [0.25, 0.3) is 0 Å². The molecule has 1 fully saturated rings. The molecule has 2 heterocycles. The first kappa shape index (κ1) is 15.8. The van der Waals surface area contributed by atoms with Gasteiger partial charge in [-0.25, -0.2) is 4.98 Å². The summed E-state index contributed by atoms with van der Waals surface area (Å²) in [6, 6.07) is 20.3. The molecule has 6 nitrogen and oxygen atoms in total. The number of nitrogens with one attached hydrogen (secondary N) is 3. The average Bonchev–Trinajstić information content (AvgIpc) is 3.46. The third-order valence-electron chi connectivity index (χ3n) is 4.76. The lowest BCUT2D eigenvalue weighted by Crippen LogP contribution is -2.06. The van der Waals surface area contributed by atoms with Gasteiger partial charge in [0.05, 0.1) is 5.52 Å². The standard InChI is InChI=1S/C21H20N6/c1-2-6-14(7-3-1)13-22-21-23-17-9-5-4-8-16(17)20(25-21)24-19-12-18(26-27-19)15-10-11-15/h1-9,12,15H,10-11,13H2,(H3,22,23,24,25,26,27). The van der Waals surface area contributed by atoms with Crippen LogP contribution in [0.4, 0.5) is 17.6 Å². The summed E-state index contributed by atoms with van der Waals surface area (Å²) in [5.74, 6) is 2.77. The minimum atomic E-state index is 0.595. The normalized spacial score (nSPS) is 13.6. The predicted octanol–water partition coefficient (Wildman–Crippen LogP) is 4.59. The van der Waals surface area contributed by atoms with Crippen molar-refractivity contribution < 1.29 is 0 Å². The van der Waals surface area contributed by atoms with Crippen LogP contribution in [0.5, 0.6) is 0 Å². The zero-order chi connectivity index (χ0) is 18.1. The van der Waals surface area contributed by atoms with Crippen LogP contribution in [0.25, 0.3) is 10.9 Å². The molecule has 27 heavy (non-hydrogen) atoms. The molecule has 1 aliphatic carbocycles. The Morgan fingerprint density at radius 1 is 0.963 bits per heavy atom.